The van der Waals surface area contributed by atoms with Crippen LogP contribution in [0.4, 0.5) is 13.2 Å². The molecule has 1 N–H and O–H groups in total. The topological polar surface area (TPSA) is 53.2 Å². The predicted octanol–water partition coefficient (Wildman–Crippen LogP) is 3.56. The summed E-state index contributed by atoms with van der Waals surface area (Å²) in [6, 6.07) is 4.61. The number of carbonyl (C=O) groups is 1. The fourth-order valence-electron chi connectivity index (χ4n) is 3.69. The van der Waals surface area contributed by atoms with E-state index in [0.29, 0.717) is 10.8 Å². The molecule has 132 valence electrons. The molecule has 25 heavy (non-hydrogen) atoms. The number of aromatic nitrogens is 1. The van der Waals surface area contributed by atoms with Crippen molar-refractivity contribution >= 4 is 16.8 Å². The molecule has 0 unspecified atom stereocenters. The molecule has 2 saturated carbocycles. The van der Waals surface area contributed by atoms with E-state index in [-0.39, 0.29) is 23.0 Å². The Labute approximate surface area is 141 Å². The van der Waals surface area contributed by atoms with Gasteiger partial charge in [-0.05, 0) is 54.7 Å². The van der Waals surface area contributed by atoms with Crippen molar-refractivity contribution < 1.29 is 18.0 Å². The highest BCUT2D eigenvalue weighted by Gasteiger charge is 2.54. The molecular weight excluding hydrogens is 333 g/mol. The van der Waals surface area contributed by atoms with E-state index < -0.39 is 17.3 Å². The Morgan fingerprint density at radius 2 is 1.92 bits per heavy atom. The maximum atomic E-state index is 12.8. The molecule has 2 aromatic rings. The highest BCUT2D eigenvalue weighted by Crippen LogP contribution is 2.61. The molecule has 1 heterocycles. The molecule has 0 saturated heterocycles. The monoisotopic (exact) mass is 350 g/mol. The zero-order valence-electron chi connectivity index (χ0n) is 13.6. The SMILES string of the molecule is CN(C(=O)c1cc2ccc(C(F)(F)F)cc2[nH]c1=O)C1CC2(CC2)C1. The number of pyridine rings is 1. The number of carbonyl (C=O) groups excluding carboxylic acids is 1. The Balaban J connectivity index is 1.64. The highest BCUT2D eigenvalue weighted by molar-refractivity contribution is 5.97. The fraction of sp³-hybridized carbons (Fsp3) is 0.444. The Hall–Kier alpha value is -2.31. The van der Waals surface area contributed by atoms with Gasteiger partial charge in [-0.15, -0.1) is 0 Å². The molecule has 4 rings (SSSR count). The van der Waals surface area contributed by atoms with E-state index in [1.54, 1.807) is 11.9 Å². The van der Waals surface area contributed by atoms with Crippen LogP contribution < -0.4 is 5.56 Å². The summed E-state index contributed by atoms with van der Waals surface area (Å²) in [6.45, 7) is 0. The van der Waals surface area contributed by atoms with Crippen molar-refractivity contribution in [2.45, 2.75) is 37.9 Å². The van der Waals surface area contributed by atoms with Crippen molar-refractivity contribution in [1.29, 1.82) is 0 Å². The van der Waals surface area contributed by atoms with Crippen LogP contribution in [0.15, 0.2) is 29.1 Å². The van der Waals surface area contributed by atoms with Gasteiger partial charge in [0, 0.05) is 18.6 Å². The summed E-state index contributed by atoms with van der Waals surface area (Å²) in [5.74, 6) is -0.386. The van der Waals surface area contributed by atoms with E-state index in [1.165, 1.54) is 25.0 Å². The number of nitrogens with zero attached hydrogens (tertiary/aromatic N) is 1. The average Bonchev–Trinajstić information content (AvgIpc) is 3.31. The molecule has 0 radical (unpaired) electrons. The molecule has 2 fully saturated rings. The lowest BCUT2D eigenvalue weighted by Crippen LogP contribution is -2.47. The first kappa shape index (κ1) is 16.2. The number of aromatic amines is 1. The second-order valence-corrected chi connectivity index (χ2v) is 7.29. The smallest absolute Gasteiger partial charge is 0.339 e. The van der Waals surface area contributed by atoms with Crippen LogP contribution in [-0.4, -0.2) is 28.9 Å². The van der Waals surface area contributed by atoms with Crippen molar-refractivity contribution in [1.82, 2.24) is 9.88 Å². The molecule has 0 bridgehead atoms. The molecule has 2 aliphatic rings. The molecule has 1 amide bonds. The molecule has 0 atom stereocenters. The number of halogens is 3. The molecule has 7 heteroatoms. The summed E-state index contributed by atoms with van der Waals surface area (Å²) in [7, 11) is 1.68. The van der Waals surface area contributed by atoms with Crippen molar-refractivity contribution in [3.8, 4) is 0 Å². The van der Waals surface area contributed by atoms with Crippen LogP contribution in [0.25, 0.3) is 10.9 Å². The van der Waals surface area contributed by atoms with Crippen molar-refractivity contribution in [3.63, 3.8) is 0 Å². The molecule has 0 aliphatic heterocycles. The molecule has 2 aliphatic carbocycles. The van der Waals surface area contributed by atoms with Crippen molar-refractivity contribution in [3.05, 3.63) is 45.7 Å². The summed E-state index contributed by atoms with van der Waals surface area (Å²) in [4.78, 5) is 28.8. The third-order valence-electron chi connectivity index (χ3n) is 5.57. The minimum Gasteiger partial charge on any atom is -0.339 e. The number of rotatable bonds is 2. The molecule has 1 spiro atoms. The lowest BCUT2D eigenvalue weighted by Gasteiger charge is -2.41. The molecule has 1 aromatic carbocycles. The van der Waals surface area contributed by atoms with Gasteiger partial charge in [0.1, 0.15) is 5.56 Å². The van der Waals surface area contributed by atoms with Crippen LogP contribution in [0.2, 0.25) is 0 Å². The van der Waals surface area contributed by atoms with Gasteiger partial charge in [0.15, 0.2) is 0 Å². The molecule has 1 aromatic heterocycles. The third kappa shape index (κ3) is 2.71. The number of benzene rings is 1. The molecule has 4 nitrogen and oxygen atoms in total. The van der Waals surface area contributed by atoms with Gasteiger partial charge in [0.2, 0.25) is 0 Å². The standard InChI is InChI=1S/C18H17F3N2O2/c1-23(12-8-17(9-12)4-5-17)16(25)13-6-10-2-3-11(18(19,20)21)7-14(10)22-15(13)24/h2-3,6-7,12H,4-5,8-9H2,1H3,(H,22,24). The first-order valence-corrected chi connectivity index (χ1v) is 8.20. The number of alkyl halides is 3. The fourth-order valence-corrected chi connectivity index (χ4v) is 3.69. The zero-order valence-corrected chi connectivity index (χ0v) is 13.6. The Kier molecular flexibility index (Phi) is 3.30. The van der Waals surface area contributed by atoms with Crippen LogP contribution in [0, 0.1) is 5.41 Å². The van der Waals surface area contributed by atoms with E-state index in [2.05, 4.69) is 4.98 Å². The summed E-state index contributed by atoms with van der Waals surface area (Å²) in [5.41, 5.74) is -1.03. The Morgan fingerprint density at radius 3 is 2.52 bits per heavy atom. The predicted molar refractivity (Wildman–Crippen MR) is 86.4 cm³/mol. The summed E-state index contributed by atoms with van der Waals surface area (Å²) < 4.78 is 38.3. The third-order valence-corrected chi connectivity index (χ3v) is 5.57. The van der Waals surface area contributed by atoms with Gasteiger partial charge in [-0.2, -0.15) is 13.2 Å². The van der Waals surface area contributed by atoms with Crippen LogP contribution in [0.1, 0.15) is 41.6 Å². The number of amides is 1. The maximum Gasteiger partial charge on any atom is 0.416 e. The lowest BCUT2D eigenvalue weighted by molar-refractivity contribution is -0.137. The quantitative estimate of drug-likeness (QED) is 0.900. The van der Waals surface area contributed by atoms with E-state index in [4.69, 9.17) is 0 Å². The summed E-state index contributed by atoms with van der Waals surface area (Å²) in [6.07, 6.45) is -0.124. The number of nitrogens with one attached hydrogen (secondary N) is 1. The minimum absolute atomic E-state index is 0.0356. The maximum absolute atomic E-state index is 12.8. The van der Waals surface area contributed by atoms with E-state index in [9.17, 15) is 22.8 Å². The number of H-pyrrole nitrogens is 1. The summed E-state index contributed by atoms with van der Waals surface area (Å²) >= 11 is 0. The van der Waals surface area contributed by atoms with E-state index >= 15 is 0 Å². The highest BCUT2D eigenvalue weighted by atomic mass is 19.4. The van der Waals surface area contributed by atoms with E-state index in [1.807, 2.05) is 0 Å². The van der Waals surface area contributed by atoms with Crippen LogP contribution in [0.3, 0.4) is 0 Å². The zero-order chi connectivity index (χ0) is 18.0. The Morgan fingerprint density at radius 1 is 1.24 bits per heavy atom. The number of hydrogen-bond donors (Lipinski definition) is 1. The Bertz CT molecular complexity index is 920. The number of hydrogen-bond acceptors (Lipinski definition) is 2. The van der Waals surface area contributed by atoms with Crippen LogP contribution in [0.5, 0.6) is 0 Å². The summed E-state index contributed by atoms with van der Waals surface area (Å²) in [5, 5.41) is 0.400. The van der Waals surface area contributed by atoms with Crippen LogP contribution >= 0.6 is 0 Å². The average molecular weight is 350 g/mol. The van der Waals surface area contributed by atoms with Gasteiger partial charge in [-0.1, -0.05) is 6.07 Å². The van der Waals surface area contributed by atoms with E-state index in [0.717, 1.165) is 25.0 Å². The number of fused-ring (bicyclic) bond motifs is 1. The van der Waals surface area contributed by atoms with Crippen LogP contribution in [-0.2, 0) is 6.18 Å². The van der Waals surface area contributed by atoms with Gasteiger partial charge in [0.25, 0.3) is 11.5 Å². The van der Waals surface area contributed by atoms with Gasteiger partial charge in [-0.25, -0.2) is 0 Å². The molecular formula is C18H17F3N2O2. The van der Waals surface area contributed by atoms with Gasteiger partial charge in [0.05, 0.1) is 5.56 Å². The van der Waals surface area contributed by atoms with Gasteiger partial charge < -0.3 is 9.88 Å². The normalized spacial score (nSPS) is 19.0. The van der Waals surface area contributed by atoms with Gasteiger partial charge in [-0.3, -0.25) is 9.59 Å². The van der Waals surface area contributed by atoms with Crippen molar-refractivity contribution in [2.24, 2.45) is 5.41 Å². The minimum atomic E-state index is -4.48. The first-order chi connectivity index (χ1) is 11.7. The second kappa shape index (κ2) is 5.09. The first-order valence-electron chi connectivity index (χ1n) is 8.20. The second-order valence-electron chi connectivity index (χ2n) is 7.29. The lowest BCUT2D eigenvalue weighted by atomic mass is 9.76. The van der Waals surface area contributed by atoms with Crippen molar-refractivity contribution in [2.75, 3.05) is 7.05 Å². The van der Waals surface area contributed by atoms with Gasteiger partial charge >= 0.3 is 6.18 Å². The largest absolute Gasteiger partial charge is 0.416 e.